The van der Waals surface area contributed by atoms with Crippen molar-refractivity contribution < 1.29 is 0 Å². The molecule has 2 rings (SSSR count). The highest BCUT2D eigenvalue weighted by Crippen LogP contribution is 2.27. The van der Waals surface area contributed by atoms with Crippen molar-refractivity contribution in [2.45, 2.75) is 6.92 Å². The fourth-order valence-electron chi connectivity index (χ4n) is 1.85. The van der Waals surface area contributed by atoms with Crippen LogP contribution in [0, 0.1) is 6.92 Å². The van der Waals surface area contributed by atoms with Gasteiger partial charge in [0.1, 0.15) is 0 Å². The molecule has 2 aromatic rings. The Hall–Kier alpha value is -2.04. The van der Waals surface area contributed by atoms with Crippen molar-refractivity contribution in [3.63, 3.8) is 0 Å². The maximum atomic E-state index is 3.63. The summed E-state index contributed by atoms with van der Waals surface area (Å²) in [6.07, 6.45) is 1.92. The van der Waals surface area contributed by atoms with E-state index in [1.165, 1.54) is 16.7 Å². The minimum absolute atomic E-state index is 1.16. The highest BCUT2D eigenvalue weighted by atomic mass is 14.1. The molecule has 0 spiro atoms. The van der Waals surface area contributed by atoms with Crippen LogP contribution in [0.15, 0.2) is 60.8 Å². The molecular weight excluding hydrogens is 192 g/mol. The predicted molar refractivity (Wildman–Crippen MR) is 70.2 cm³/mol. The van der Waals surface area contributed by atoms with Crippen LogP contribution in [0.1, 0.15) is 11.1 Å². The van der Waals surface area contributed by atoms with Gasteiger partial charge in [-0.25, -0.2) is 0 Å². The summed E-state index contributed by atoms with van der Waals surface area (Å²) in [6, 6.07) is 16.7. The first-order valence-corrected chi connectivity index (χ1v) is 5.34. The maximum absolute atomic E-state index is 3.63. The normalized spacial score (nSPS) is 9.56. The van der Waals surface area contributed by atoms with Crippen molar-refractivity contribution in [3.05, 3.63) is 72.0 Å². The van der Waals surface area contributed by atoms with Gasteiger partial charge in [-0.1, -0.05) is 55.1 Å². The van der Waals surface area contributed by atoms with Crippen LogP contribution < -0.4 is 0 Å². The molecule has 78 valence electrons. The second-order valence-corrected chi connectivity index (χ2v) is 3.75. The van der Waals surface area contributed by atoms with Crippen molar-refractivity contribution in [1.82, 2.24) is 0 Å². The molecule has 0 saturated carbocycles. The zero-order valence-corrected chi connectivity index (χ0v) is 9.40. The van der Waals surface area contributed by atoms with Gasteiger partial charge in [0.05, 0.1) is 0 Å². The number of benzene rings is 2. The average Bonchev–Trinajstić information content (AvgIpc) is 2.31. The molecule has 0 unspecified atom stereocenters. The Morgan fingerprint density at radius 3 is 2.25 bits per heavy atom. The highest BCUT2D eigenvalue weighted by Gasteiger charge is 2.03. The molecule has 0 amide bonds. The third-order valence-electron chi connectivity index (χ3n) is 2.65. The van der Waals surface area contributed by atoms with Crippen LogP contribution in [0.3, 0.4) is 0 Å². The van der Waals surface area contributed by atoms with E-state index in [-0.39, 0.29) is 0 Å². The monoisotopic (exact) mass is 206 g/mol. The van der Waals surface area contributed by atoms with Crippen LogP contribution in [-0.2, 0) is 0 Å². The molecule has 0 nitrogen and oxygen atoms in total. The van der Waals surface area contributed by atoms with E-state index in [9.17, 15) is 0 Å². The first kappa shape index (κ1) is 10.5. The van der Waals surface area contributed by atoms with Crippen molar-refractivity contribution in [3.8, 4) is 11.1 Å². The van der Waals surface area contributed by atoms with Crippen LogP contribution >= 0.6 is 0 Å². The molecule has 0 fully saturated rings. The summed E-state index contributed by atoms with van der Waals surface area (Å²) < 4.78 is 0. The third kappa shape index (κ3) is 1.98. The second-order valence-electron chi connectivity index (χ2n) is 3.75. The van der Waals surface area contributed by atoms with Gasteiger partial charge in [0, 0.05) is 0 Å². The van der Waals surface area contributed by atoms with E-state index < -0.39 is 0 Å². The van der Waals surface area contributed by atoms with Crippen LogP contribution in [-0.4, -0.2) is 0 Å². The largest absolute Gasteiger partial charge is 0.128 e. The van der Waals surface area contributed by atoms with Gasteiger partial charge in [0.15, 0.2) is 0 Å². The van der Waals surface area contributed by atoms with E-state index in [0.29, 0.717) is 0 Å². The van der Waals surface area contributed by atoms with Gasteiger partial charge in [-0.15, -0.1) is 5.73 Å². The first-order valence-electron chi connectivity index (χ1n) is 5.34. The molecule has 0 aromatic heterocycles. The number of hydrogen-bond donors (Lipinski definition) is 0. The molecule has 0 saturated heterocycles. The Bertz CT molecular complexity index is 543. The third-order valence-corrected chi connectivity index (χ3v) is 2.65. The molecule has 0 aliphatic heterocycles. The number of hydrogen-bond acceptors (Lipinski definition) is 0. The second kappa shape index (κ2) is 4.65. The van der Waals surface area contributed by atoms with E-state index in [1.807, 2.05) is 12.1 Å². The quantitative estimate of drug-likeness (QED) is 0.636. The highest BCUT2D eigenvalue weighted by molar-refractivity contribution is 5.76. The summed E-state index contributed by atoms with van der Waals surface area (Å²) in [6.45, 7) is 5.76. The fraction of sp³-hybridized carbons (Fsp3) is 0.0625. The number of aryl methyl sites for hydroxylation is 1. The molecule has 0 aliphatic rings. The molecule has 16 heavy (non-hydrogen) atoms. The summed E-state index contributed by atoms with van der Waals surface area (Å²) in [4.78, 5) is 0. The van der Waals surface area contributed by atoms with Crippen LogP contribution in [0.5, 0.6) is 0 Å². The summed E-state index contributed by atoms with van der Waals surface area (Å²) in [7, 11) is 0. The minimum Gasteiger partial charge on any atom is -0.128 e. The minimum atomic E-state index is 1.16. The fourth-order valence-corrected chi connectivity index (χ4v) is 1.85. The molecule has 0 atom stereocenters. The lowest BCUT2D eigenvalue weighted by atomic mass is 9.96. The Balaban J connectivity index is 2.64. The first-order chi connectivity index (χ1) is 7.83. The molecule has 0 heteroatoms. The van der Waals surface area contributed by atoms with Gasteiger partial charge in [0.25, 0.3) is 0 Å². The topological polar surface area (TPSA) is 0 Å². The Morgan fingerprint density at radius 1 is 0.938 bits per heavy atom. The SMILES string of the molecule is C=C=Cc1ccccc1-c1ccccc1C. The van der Waals surface area contributed by atoms with Crippen LogP contribution in [0.25, 0.3) is 17.2 Å². The molecule has 2 aromatic carbocycles. The lowest BCUT2D eigenvalue weighted by molar-refractivity contribution is 1.45. The Morgan fingerprint density at radius 2 is 1.56 bits per heavy atom. The molecule has 0 bridgehead atoms. The standard InChI is InChI=1S/C16H14/c1-3-8-14-10-5-7-12-16(14)15-11-6-4-9-13(15)2/h4-12H,1H2,2H3. The maximum Gasteiger partial charge on any atom is -0.0101 e. The van der Waals surface area contributed by atoms with E-state index in [2.05, 4.69) is 61.7 Å². The van der Waals surface area contributed by atoms with Crippen molar-refractivity contribution in [2.24, 2.45) is 0 Å². The van der Waals surface area contributed by atoms with E-state index in [1.54, 1.807) is 0 Å². The van der Waals surface area contributed by atoms with Gasteiger partial charge >= 0.3 is 0 Å². The zero-order chi connectivity index (χ0) is 11.4. The van der Waals surface area contributed by atoms with Gasteiger partial charge < -0.3 is 0 Å². The van der Waals surface area contributed by atoms with Crippen molar-refractivity contribution in [2.75, 3.05) is 0 Å². The zero-order valence-electron chi connectivity index (χ0n) is 9.40. The van der Waals surface area contributed by atoms with E-state index >= 15 is 0 Å². The summed E-state index contributed by atoms with van der Waals surface area (Å²) in [5.74, 6) is 0. The predicted octanol–water partition coefficient (Wildman–Crippen LogP) is 4.46. The lowest BCUT2D eigenvalue weighted by Gasteiger charge is -2.08. The van der Waals surface area contributed by atoms with E-state index in [0.717, 1.165) is 5.56 Å². The molecule has 0 aliphatic carbocycles. The van der Waals surface area contributed by atoms with Crippen molar-refractivity contribution >= 4 is 6.08 Å². The van der Waals surface area contributed by atoms with Gasteiger partial charge in [0.2, 0.25) is 0 Å². The van der Waals surface area contributed by atoms with Crippen LogP contribution in [0.2, 0.25) is 0 Å². The van der Waals surface area contributed by atoms with Gasteiger partial charge in [-0.2, -0.15) is 0 Å². The van der Waals surface area contributed by atoms with Gasteiger partial charge in [-0.05, 0) is 35.3 Å². The average molecular weight is 206 g/mol. The molecule has 0 N–H and O–H groups in total. The Kier molecular flexibility index (Phi) is 3.05. The van der Waals surface area contributed by atoms with Gasteiger partial charge in [-0.3, -0.25) is 0 Å². The number of rotatable bonds is 2. The summed E-state index contributed by atoms with van der Waals surface area (Å²) in [5.41, 5.74) is 7.78. The lowest BCUT2D eigenvalue weighted by Crippen LogP contribution is -1.85. The summed E-state index contributed by atoms with van der Waals surface area (Å²) >= 11 is 0. The molecule has 0 radical (unpaired) electrons. The summed E-state index contributed by atoms with van der Waals surface area (Å²) in [5, 5.41) is 0. The van der Waals surface area contributed by atoms with Crippen LogP contribution in [0.4, 0.5) is 0 Å². The molecule has 0 heterocycles. The smallest absolute Gasteiger partial charge is 0.0101 e. The Labute approximate surface area is 96.6 Å². The van der Waals surface area contributed by atoms with E-state index in [4.69, 9.17) is 0 Å². The van der Waals surface area contributed by atoms with Crippen molar-refractivity contribution in [1.29, 1.82) is 0 Å². The molecular formula is C16H14.